The van der Waals surface area contributed by atoms with Crippen molar-refractivity contribution in [2.75, 3.05) is 18.8 Å². The van der Waals surface area contributed by atoms with Gasteiger partial charge in [0, 0.05) is 26.2 Å². The van der Waals surface area contributed by atoms with Crippen molar-refractivity contribution in [3.8, 4) is 6.07 Å². The van der Waals surface area contributed by atoms with Crippen LogP contribution in [0.4, 0.5) is 0 Å². The van der Waals surface area contributed by atoms with Crippen LogP contribution in [0.15, 0.2) is 48.5 Å². The molecule has 1 N–H and O–H groups in total. The molecule has 1 saturated heterocycles. The van der Waals surface area contributed by atoms with E-state index in [2.05, 4.69) is 36.2 Å². The lowest BCUT2D eigenvalue weighted by Crippen LogP contribution is -2.38. The number of nitriles is 1. The van der Waals surface area contributed by atoms with Crippen molar-refractivity contribution in [3.05, 3.63) is 70.8 Å². The maximum absolute atomic E-state index is 12.3. The molecule has 0 saturated carbocycles. The Morgan fingerprint density at radius 3 is 2.16 bits per heavy atom. The van der Waals surface area contributed by atoms with E-state index in [0.29, 0.717) is 17.7 Å². The average Bonchev–Trinajstić information content (AvgIpc) is 2.72. The van der Waals surface area contributed by atoms with E-state index in [4.69, 9.17) is 5.26 Å². The second-order valence-electron chi connectivity index (χ2n) is 9.07. The summed E-state index contributed by atoms with van der Waals surface area (Å²) in [5.74, 6) is 0.146. The molecule has 1 aliphatic rings. The molecule has 1 fully saturated rings. The SMILES string of the molecule is CC1CC(C)CN(Cc2ccc(CNC(=O)CS(=O)(=O)Cc3ccc(C#N)cc3)cc2)C1. The summed E-state index contributed by atoms with van der Waals surface area (Å²) in [6.45, 7) is 8.08. The molecule has 3 rings (SSSR count). The number of amides is 1. The predicted octanol–water partition coefficient (Wildman–Crippen LogP) is 3.27. The van der Waals surface area contributed by atoms with Crippen LogP contribution < -0.4 is 5.32 Å². The van der Waals surface area contributed by atoms with E-state index in [9.17, 15) is 13.2 Å². The Kier molecular flexibility index (Phi) is 8.05. The zero-order valence-corrected chi connectivity index (χ0v) is 19.6. The fourth-order valence-electron chi connectivity index (χ4n) is 4.37. The minimum Gasteiger partial charge on any atom is -0.351 e. The molecule has 0 aromatic heterocycles. The first-order valence-corrected chi connectivity index (χ1v) is 12.8. The molecule has 32 heavy (non-hydrogen) atoms. The van der Waals surface area contributed by atoms with Gasteiger partial charge < -0.3 is 5.32 Å². The second-order valence-corrected chi connectivity index (χ2v) is 11.1. The van der Waals surface area contributed by atoms with Crippen molar-refractivity contribution in [2.45, 2.75) is 39.1 Å². The van der Waals surface area contributed by atoms with Crippen LogP contribution in [0.5, 0.6) is 0 Å². The first-order valence-electron chi connectivity index (χ1n) is 11.0. The largest absolute Gasteiger partial charge is 0.351 e. The van der Waals surface area contributed by atoms with Crippen molar-refractivity contribution in [1.29, 1.82) is 5.26 Å². The lowest BCUT2D eigenvalue weighted by Gasteiger charge is -2.35. The minimum absolute atomic E-state index is 0.228. The van der Waals surface area contributed by atoms with Gasteiger partial charge in [-0.05, 0) is 47.1 Å². The van der Waals surface area contributed by atoms with Crippen LogP contribution in [0.2, 0.25) is 0 Å². The number of likely N-dealkylation sites (tertiary alicyclic amines) is 1. The number of hydrogen-bond donors (Lipinski definition) is 1. The number of carbonyl (C=O) groups excluding carboxylic acids is 1. The van der Waals surface area contributed by atoms with Gasteiger partial charge in [0.25, 0.3) is 0 Å². The van der Waals surface area contributed by atoms with Gasteiger partial charge >= 0.3 is 0 Å². The molecule has 1 amide bonds. The highest BCUT2D eigenvalue weighted by molar-refractivity contribution is 7.91. The number of nitrogens with zero attached hydrogens (tertiary/aromatic N) is 2. The molecule has 2 aromatic carbocycles. The molecule has 0 bridgehead atoms. The Morgan fingerprint density at radius 1 is 1.00 bits per heavy atom. The fourth-order valence-corrected chi connectivity index (χ4v) is 5.68. The zero-order valence-electron chi connectivity index (χ0n) is 18.8. The number of carbonyl (C=O) groups is 1. The van der Waals surface area contributed by atoms with E-state index < -0.39 is 21.5 Å². The Hall–Kier alpha value is -2.69. The van der Waals surface area contributed by atoms with Crippen molar-refractivity contribution in [3.63, 3.8) is 0 Å². The smallest absolute Gasteiger partial charge is 0.235 e. The Morgan fingerprint density at radius 2 is 1.56 bits per heavy atom. The number of hydrogen-bond acceptors (Lipinski definition) is 5. The average molecular weight is 454 g/mol. The van der Waals surface area contributed by atoms with Gasteiger partial charge in [0.05, 0.1) is 17.4 Å². The van der Waals surface area contributed by atoms with Gasteiger partial charge in [-0.1, -0.05) is 50.2 Å². The molecule has 1 aliphatic heterocycles. The summed E-state index contributed by atoms with van der Waals surface area (Å²) in [5.41, 5.74) is 3.21. The molecular formula is C25H31N3O3S. The van der Waals surface area contributed by atoms with E-state index in [1.54, 1.807) is 24.3 Å². The highest BCUT2D eigenvalue weighted by atomic mass is 32.2. The lowest BCUT2D eigenvalue weighted by molar-refractivity contribution is -0.118. The highest BCUT2D eigenvalue weighted by Crippen LogP contribution is 2.22. The third kappa shape index (κ3) is 7.47. The summed E-state index contributed by atoms with van der Waals surface area (Å²) in [7, 11) is -3.59. The zero-order chi connectivity index (χ0) is 23.1. The molecule has 0 radical (unpaired) electrons. The van der Waals surface area contributed by atoms with Gasteiger partial charge in [0.15, 0.2) is 9.84 Å². The van der Waals surface area contributed by atoms with Crippen molar-refractivity contribution in [2.24, 2.45) is 11.8 Å². The van der Waals surface area contributed by atoms with Crippen LogP contribution >= 0.6 is 0 Å². The van der Waals surface area contributed by atoms with E-state index in [1.807, 2.05) is 18.2 Å². The maximum Gasteiger partial charge on any atom is 0.235 e. The van der Waals surface area contributed by atoms with Gasteiger partial charge in [-0.15, -0.1) is 0 Å². The van der Waals surface area contributed by atoms with Crippen LogP contribution in [0.3, 0.4) is 0 Å². The number of piperidine rings is 1. The molecule has 0 spiro atoms. The number of rotatable bonds is 8. The van der Waals surface area contributed by atoms with Crippen LogP contribution in [0, 0.1) is 23.2 Å². The third-order valence-electron chi connectivity index (χ3n) is 5.68. The maximum atomic E-state index is 12.3. The fraction of sp³-hybridized carbons (Fsp3) is 0.440. The molecular weight excluding hydrogens is 422 g/mol. The standard InChI is InChI=1S/C25H31N3O3S/c1-19-11-20(2)15-28(14-19)16-23-7-5-22(6-8-23)13-27-25(29)18-32(30,31)17-24-9-3-21(12-26)4-10-24/h3-10,19-20H,11,13-18H2,1-2H3,(H,27,29). The molecule has 7 heteroatoms. The molecule has 2 unspecified atom stereocenters. The summed E-state index contributed by atoms with van der Waals surface area (Å²) in [5, 5.41) is 11.5. The number of sulfone groups is 1. The molecule has 1 heterocycles. The first-order chi connectivity index (χ1) is 15.2. The Labute approximate surface area is 191 Å². The van der Waals surface area contributed by atoms with E-state index in [-0.39, 0.29) is 5.75 Å². The predicted molar refractivity (Wildman–Crippen MR) is 125 cm³/mol. The Balaban J connectivity index is 1.46. The topological polar surface area (TPSA) is 90.3 Å². The summed E-state index contributed by atoms with van der Waals surface area (Å²) in [6, 6.07) is 16.5. The lowest BCUT2D eigenvalue weighted by atomic mass is 9.91. The van der Waals surface area contributed by atoms with Crippen LogP contribution in [-0.2, 0) is 33.5 Å². The molecule has 6 nitrogen and oxygen atoms in total. The van der Waals surface area contributed by atoms with Crippen molar-refractivity contribution < 1.29 is 13.2 Å². The van der Waals surface area contributed by atoms with Gasteiger partial charge in [-0.25, -0.2) is 8.42 Å². The molecule has 2 atom stereocenters. The molecule has 0 aliphatic carbocycles. The summed E-state index contributed by atoms with van der Waals surface area (Å²) in [4.78, 5) is 14.7. The van der Waals surface area contributed by atoms with Gasteiger partial charge in [0.1, 0.15) is 5.75 Å². The summed E-state index contributed by atoms with van der Waals surface area (Å²) < 4.78 is 24.7. The van der Waals surface area contributed by atoms with Crippen LogP contribution in [0.1, 0.15) is 42.5 Å². The molecule has 2 aromatic rings. The van der Waals surface area contributed by atoms with Gasteiger partial charge in [-0.3, -0.25) is 9.69 Å². The first kappa shape index (κ1) is 24.0. The van der Waals surface area contributed by atoms with Crippen molar-refractivity contribution in [1.82, 2.24) is 10.2 Å². The van der Waals surface area contributed by atoms with Crippen LogP contribution in [-0.4, -0.2) is 38.1 Å². The van der Waals surface area contributed by atoms with E-state index in [1.165, 1.54) is 12.0 Å². The van der Waals surface area contributed by atoms with Crippen LogP contribution in [0.25, 0.3) is 0 Å². The number of benzene rings is 2. The van der Waals surface area contributed by atoms with Crippen molar-refractivity contribution >= 4 is 15.7 Å². The normalized spacial score (nSPS) is 19.3. The number of nitrogens with one attached hydrogen (secondary N) is 1. The Bertz CT molecular complexity index is 1050. The minimum atomic E-state index is -3.59. The van der Waals surface area contributed by atoms with Gasteiger partial charge in [-0.2, -0.15) is 5.26 Å². The third-order valence-corrected chi connectivity index (χ3v) is 7.16. The second kappa shape index (κ2) is 10.8. The summed E-state index contributed by atoms with van der Waals surface area (Å²) in [6.07, 6.45) is 1.29. The van der Waals surface area contributed by atoms with E-state index >= 15 is 0 Å². The highest BCUT2D eigenvalue weighted by Gasteiger charge is 2.21. The quantitative estimate of drug-likeness (QED) is 0.663. The summed E-state index contributed by atoms with van der Waals surface area (Å²) >= 11 is 0. The monoisotopic (exact) mass is 453 g/mol. The molecule has 170 valence electrons. The van der Waals surface area contributed by atoms with E-state index in [0.717, 1.165) is 37.0 Å². The van der Waals surface area contributed by atoms with Gasteiger partial charge in [0.2, 0.25) is 5.91 Å².